The summed E-state index contributed by atoms with van der Waals surface area (Å²) in [6.45, 7) is 0. The van der Waals surface area contributed by atoms with Gasteiger partial charge in [-0.15, -0.1) is 0 Å². The Morgan fingerprint density at radius 2 is 0.782 bits per heavy atom. The van der Waals surface area contributed by atoms with Crippen LogP contribution in [0, 0.1) is 0 Å². The van der Waals surface area contributed by atoms with E-state index in [1.165, 1.54) is 4.90 Å². The molecule has 1 nitrogen and oxygen atoms in total. The lowest BCUT2D eigenvalue weighted by molar-refractivity contribution is 1.30. The van der Waals surface area contributed by atoms with Crippen molar-refractivity contribution >= 4 is 49.4 Å². The Morgan fingerprint density at radius 1 is 0.291 bits per heavy atom. The lowest BCUT2D eigenvalue weighted by Crippen LogP contribution is -2.10. The summed E-state index contributed by atoms with van der Waals surface area (Å²) in [5, 5.41) is 5.29. The summed E-state index contributed by atoms with van der Waals surface area (Å²) in [5.74, 6) is 0. The van der Waals surface area contributed by atoms with Gasteiger partial charge in [-0.1, -0.05) is 194 Å². The van der Waals surface area contributed by atoms with Gasteiger partial charge in [0.05, 0.1) is 16.7 Å². The van der Waals surface area contributed by atoms with Crippen molar-refractivity contribution in [2.24, 2.45) is 0 Å². The highest BCUT2D eigenvalue weighted by Gasteiger charge is 2.18. The molecule has 1 heteroatoms. The van der Waals surface area contributed by atoms with E-state index in [4.69, 9.17) is 0 Å². The number of hydrogen-bond acceptors (Lipinski definition) is 1. The lowest BCUT2D eigenvalue weighted by atomic mass is 9.89. The summed E-state index contributed by atoms with van der Waals surface area (Å²) >= 11 is 0. The third kappa shape index (κ3) is 6.02. The molecule has 0 aliphatic heterocycles. The predicted molar refractivity (Wildman–Crippen MR) is 235 cm³/mol. The summed E-state index contributed by atoms with van der Waals surface area (Å²) in [6.07, 6.45) is 0. The molecule has 10 aromatic carbocycles. The molecule has 0 aromatic heterocycles. The normalized spacial score (nSPS) is 13.3. The van der Waals surface area contributed by atoms with E-state index in [0.29, 0.717) is 22.2 Å². The molecule has 10 aromatic rings. The summed E-state index contributed by atoms with van der Waals surface area (Å²) in [7, 11) is 0. The van der Waals surface area contributed by atoms with Gasteiger partial charge in [-0.05, 0) is 102 Å². The Hall–Kier alpha value is -7.22. The van der Waals surface area contributed by atoms with Crippen molar-refractivity contribution in [1.82, 2.24) is 0 Å². The van der Waals surface area contributed by atoms with Crippen molar-refractivity contribution in [3.63, 3.8) is 0 Å². The Morgan fingerprint density at radius 3 is 1.47 bits per heavy atom. The average Bonchev–Trinajstić information content (AvgIpc) is 3.32. The summed E-state index contributed by atoms with van der Waals surface area (Å²) < 4.78 is 77.1. The van der Waals surface area contributed by atoms with E-state index in [1.54, 1.807) is 12.1 Å². The first kappa shape index (κ1) is 24.9. The zero-order valence-electron chi connectivity index (χ0n) is 37.7. The zero-order chi connectivity index (χ0) is 43.5. The highest BCUT2D eigenvalue weighted by Crippen LogP contribution is 2.43. The Kier molecular flexibility index (Phi) is 6.33. The van der Waals surface area contributed by atoms with Crippen LogP contribution in [0.25, 0.3) is 76.8 Å². The Labute approximate surface area is 333 Å². The molecule has 0 N–H and O–H groups in total. The SMILES string of the molecule is [2H]c1c([2H])c(N(c2c([2H])c([2H])c(-c3c(-c4ccccc4)ccc4ccccc34)c([2H])c2[2H])c2cccc3ccccc23)c([2H])c([2H])c1-c1ccc(-c2cccc3ccccc23)cc1. The van der Waals surface area contributed by atoms with Crippen LogP contribution in [-0.4, -0.2) is 0 Å². The lowest BCUT2D eigenvalue weighted by Gasteiger charge is -2.27. The summed E-state index contributed by atoms with van der Waals surface area (Å²) in [6, 6.07) is 53.1. The van der Waals surface area contributed by atoms with Crippen LogP contribution in [0.5, 0.6) is 0 Å². The molecule has 0 unspecified atom stereocenters. The highest BCUT2D eigenvalue weighted by atomic mass is 15.1. The van der Waals surface area contributed by atoms with Crippen molar-refractivity contribution in [1.29, 1.82) is 0 Å². The number of benzene rings is 10. The molecule has 0 atom stereocenters. The van der Waals surface area contributed by atoms with Crippen molar-refractivity contribution in [2.75, 3.05) is 4.90 Å². The molecular weight excluding hydrogens is 663 g/mol. The van der Waals surface area contributed by atoms with E-state index in [0.717, 1.165) is 49.2 Å². The molecule has 0 fully saturated rings. The minimum Gasteiger partial charge on any atom is -0.310 e. The Balaban J connectivity index is 1.20. The van der Waals surface area contributed by atoms with Gasteiger partial charge in [0, 0.05) is 16.8 Å². The molecule has 0 radical (unpaired) electrons. The molecule has 0 saturated carbocycles. The van der Waals surface area contributed by atoms with Crippen molar-refractivity contribution in [3.8, 4) is 44.5 Å². The molecular formula is C54H37N. The maximum absolute atomic E-state index is 9.76. The third-order valence-corrected chi connectivity index (χ3v) is 10.2. The molecule has 0 amide bonds. The molecule has 10 rings (SSSR count). The van der Waals surface area contributed by atoms with E-state index < -0.39 is 24.2 Å². The summed E-state index contributed by atoms with van der Waals surface area (Å²) in [4.78, 5) is 1.39. The maximum Gasteiger partial charge on any atom is 0.0645 e. The molecule has 55 heavy (non-hydrogen) atoms. The minimum absolute atomic E-state index is 0.107. The first-order valence-electron chi connectivity index (χ1n) is 22.3. The van der Waals surface area contributed by atoms with Crippen LogP contribution in [0.4, 0.5) is 17.1 Å². The average molecular weight is 708 g/mol. The summed E-state index contributed by atoms with van der Waals surface area (Å²) in [5.41, 5.74) is 4.83. The topological polar surface area (TPSA) is 3.24 Å². The molecule has 0 saturated heterocycles. The first-order chi connectivity index (χ1) is 30.6. The van der Waals surface area contributed by atoms with E-state index in [9.17, 15) is 11.0 Å². The number of hydrogen-bond donors (Lipinski definition) is 0. The van der Waals surface area contributed by atoms with Crippen molar-refractivity contribution in [3.05, 3.63) is 224 Å². The fourth-order valence-electron chi connectivity index (χ4n) is 7.55. The fourth-order valence-corrected chi connectivity index (χ4v) is 7.55. The van der Waals surface area contributed by atoms with Gasteiger partial charge >= 0.3 is 0 Å². The van der Waals surface area contributed by atoms with Crippen molar-refractivity contribution < 1.29 is 11.0 Å². The largest absolute Gasteiger partial charge is 0.310 e. The molecule has 0 heterocycles. The van der Waals surface area contributed by atoms with Crippen molar-refractivity contribution in [2.45, 2.75) is 0 Å². The van der Waals surface area contributed by atoms with Crippen LogP contribution < -0.4 is 4.90 Å². The van der Waals surface area contributed by atoms with Gasteiger partial charge in [-0.3, -0.25) is 0 Å². The molecule has 0 aliphatic rings. The van der Waals surface area contributed by atoms with Gasteiger partial charge in [0.15, 0.2) is 0 Å². The van der Waals surface area contributed by atoms with E-state index >= 15 is 0 Å². The fraction of sp³-hybridized carbons (Fsp3) is 0. The predicted octanol–water partition coefficient (Wildman–Crippen LogP) is 15.3. The standard InChI is InChI=1S/C54H37N/c1-2-12-42(13-3-1)52-37-32-43-16-6-9-21-51(43)54(52)45-30-35-47(36-31-45)55(53-23-11-18-41-15-5-8-20-50(41)53)46-33-28-39(29-34-46)38-24-26-44(27-25-38)49-22-10-17-40-14-4-7-19-48(40)49/h1-37H/i28D,29D,30D,31D,33D,34D,35D,36D. The monoisotopic (exact) mass is 707 g/mol. The van der Waals surface area contributed by atoms with Crippen LogP contribution in [-0.2, 0) is 0 Å². The number of anilines is 3. The van der Waals surface area contributed by atoms with Gasteiger partial charge in [0.2, 0.25) is 0 Å². The van der Waals surface area contributed by atoms with E-state index in [2.05, 4.69) is 18.2 Å². The third-order valence-electron chi connectivity index (χ3n) is 10.2. The maximum atomic E-state index is 9.76. The van der Waals surface area contributed by atoms with Crippen LogP contribution >= 0.6 is 0 Å². The van der Waals surface area contributed by atoms with Gasteiger partial charge in [-0.25, -0.2) is 0 Å². The van der Waals surface area contributed by atoms with Gasteiger partial charge < -0.3 is 4.90 Å². The zero-order valence-corrected chi connectivity index (χ0v) is 29.7. The second-order valence-corrected chi connectivity index (χ2v) is 13.5. The minimum atomic E-state index is -0.393. The van der Waals surface area contributed by atoms with Gasteiger partial charge in [0.25, 0.3) is 0 Å². The molecule has 0 bridgehead atoms. The van der Waals surface area contributed by atoms with Crippen LogP contribution in [0.1, 0.15) is 11.0 Å². The van der Waals surface area contributed by atoms with Crippen LogP contribution in [0.3, 0.4) is 0 Å². The molecule has 0 aliphatic carbocycles. The quantitative estimate of drug-likeness (QED) is 0.159. The highest BCUT2D eigenvalue weighted by molar-refractivity contribution is 6.05. The Bertz CT molecular complexity index is 3370. The van der Waals surface area contributed by atoms with Crippen LogP contribution in [0.15, 0.2) is 224 Å². The first-order valence-corrected chi connectivity index (χ1v) is 18.3. The molecule has 258 valence electrons. The van der Waals surface area contributed by atoms with E-state index in [-0.39, 0.29) is 46.7 Å². The number of rotatable bonds is 7. The van der Waals surface area contributed by atoms with E-state index in [1.807, 2.05) is 146 Å². The van der Waals surface area contributed by atoms with Gasteiger partial charge in [0.1, 0.15) is 0 Å². The van der Waals surface area contributed by atoms with Gasteiger partial charge in [-0.2, -0.15) is 0 Å². The second kappa shape index (κ2) is 14.0. The number of fused-ring (bicyclic) bond motifs is 3. The molecule has 0 spiro atoms. The smallest absolute Gasteiger partial charge is 0.0645 e. The number of nitrogens with zero attached hydrogens (tertiary/aromatic N) is 1. The van der Waals surface area contributed by atoms with Crippen LogP contribution in [0.2, 0.25) is 0 Å². The second-order valence-electron chi connectivity index (χ2n) is 13.5.